The van der Waals surface area contributed by atoms with Crippen molar-refractivity contribution in [3.63, 3.8) is 0 Å². The number of aliphatic hydroxyl groups is 1. The molecule has 0 radical (unpaired) electrons. The average molecular weight is 1280 g/mol. The highest BCUT2D eigenvalue weighted by molar-refractivity contribution is 7.47. The fraction of sp³-hybridized carbons (Fsp3) is 0.941. The van der Waals surface area contributed by atoms with Crippen LogP contribution in [0.1, 0.15) is 349 Å². The molecule has 0 aliphatic rings. The molecule has 0 bridgehead atoms. The molecule has 0 aromatic rings. The number of phosphoric acid groups is 2. The fourth-order valence-corrected chi connectivity index (χ4v) is 11.9. The van der Waals surface area contributed by atoms with Gasteiger partial charge in [0.2, 0.25) is 0 Å². The molecule has 5 atom stereocenters. The molecule has 0 saturated heterocycles. The molecule has 2 unspecified atom stereocenters. The Morgan fingerprint density at radius 1 is 0.310 bits per heavy atom. The lowest BCUT2D eigenvalue weighted by Gasteiger charge is -2.21. The molecule has 516 valence electrons. The van der Waals surface area contributed by atoms with E-state index in [9.17, 15) is 43.2 Å². The van der Waals surface area contributed by atoms with Crippen LogP contribution in [-0.2, 0) is 65.4 Å². The van der Waals surface area contributed by atoms with Crippen LogP contribution >= 0.6 is 15.6 Å². The number of ether oxygens (including phenoxy) is 4. The van der Waals surface area contributed by atoms with Crippen molar-refractivity contribution >= 4 is 39.5 Å². The SMILES string of the molecule is CCCCCCCCCCCCCCC(=O)OC[C@H](COP(=O)(O)OC[C@@H](O)COP(=O)(O)OC[C@@H](COC(=O)CCCCCCCCCCCC)OC(=O)CCCCCCCCCCCCC)OC(=O)CCCCCCCCCCCCCC(C)C. The zero-order chi connectivity index (χ0) is 64.2. The standard InChI is InChI=1S/C68H132O17P2/c1-6-9-12-15-18-21-24-28-32-37-42-47-52-66(71)79-58-64(85-68(73)54-49-44-39-34-29-25-27-30-35-40-45-50-61(4)5)60-83-87(76,77)81-56-62(69)55-80-86(74,75)82-59-63(57-78-65(70)51-46-41-36-31-23-20-17-14-11-8-3)84-67(72)53-48-43-38-33-26-22-19-16-13-10-7-2/h61-64,69H,6-60H2,1-5H3,(H,74,75)(H,76,77)/t62-,63+,64+/m0/s1. The summed E-state index contributed by atoms with van der Waals surface area (Å²) in [4.78, 5) is 72.4. The minimum Gasteiger partial charge on any atom is -0.462 e. The molecule has 0 aliphatic carbocycles. The van der Waals surface area contributed by atoms with E-state index in [4.69, 9.17) is 37.0 Å². The summed E-state index contributed by atoms with van der Waals surface area (Å²) in [7, 11) is -9.89. The number of esters is 4. The van der Waals surface area contributed by atoms with Crippen molar-refractivity contribution in [3.8, 4) is 0 Å². The topological polar surface area (TPSA) is 237 Å². The molecule has 17 nitrogen and oxygen atoms in total. The molecular weight excluding hydrogens is 1150 g/mol. The van der Waals surface area contributed by atoms with Crippen molar-refractivity contribution in [1.82, 2.24) is 0 Å². The predicted octanol–water partition coefficient (Wildman–Crippen LogP) is 19.4. The second-order valence-electron chi connectivity index (χ2n) is 25.0. The normalized spacial score (nSPS) is 14.1. The number of carbonyl (C=O) groups excluding carboxylic acids is 4. The minimum absolute atomic E-state index is 0.107. The van der Waals surface area contributed by atoms with Crippen LogP contribution in [0.3, 0.4) is 0 Å². The first-order chi connectivity index (χ1) is 42.0. The molecule has 0 amide bonds. The zero-order valence-corrected chi connectivity index (χ0v) is 57.9. The quantitative estimate of drug-likeness (QED) is 0.0222. The van der Waals surface area contributed by atoms with Crippen LogP contribution in [0.2, 0.25) is 0 Å². The number of aliphatic hydroxyl groups excluding tert-OH is 1. The Hall–Kier alpha value is -1.94. The van der Waals surface area contributed by atoms with Crippen LogP contribution in [0, 0.1) is 5.92 Å². The van der Waals surface area contributed by atoms with E-state index in [0.717, 1.165) is 95.8 Å². The predicted molar refractivity (Wildman–Crippen MR) is 349 cm³/mol. The van der Waals surface area contributed by atoms with E-state index >= 15 is 0 Å². The molecule has 3 N–H and O–H groups in total. The third-order valence-electron chi connectivity index (χ3n) is 15.8. The lowest BCUT2D eigenvalue weighted by Crippen LogP contribution is -2.30. The molecular formula is C68H132O17P2. The summed E-state index contributed by atoms with van der Waals surface area (Å²) in [6.45, 7) is 7.22. The number of phosphoric ester groups is 2. The van der Waals surface area contributed by atoms with Crippen LogP contribution in [0.15, 0.2) is 0 Å². The summed E-state index contributed by atoms with van der Waals surface area (Å²) in [5.41, 5.74) is 0. The first-order valence-electron chi connectivity index (χ1n) is 35.6. The number of carbonyl (C=O) groups is 4. The third kappa shape index (κ3) is 62.6. The smallest absolute Gasteiger partial charge is 0.462 e. The average Bonchev–Trinajstić information content (AvgIpc) is 3.71. The van der Waals surface area contributed by atoms with E-state index in [-0.39, 0.29) is 25.7 Å². The molecule has 0 aromatic carbocycles. The summed E-state index contributed by atoms with van der Waals surface area (Å²) in [5, 5.41) is 10.6. The highest BCUT2D eigenvalue weighted by atomic mass is 31.2. The Bertz CT molecular complexity index is 1690. The maximum atomic E-state index is 13.0. The highest BCUT2D eigenvalue weighted by Gasteiger charge is 2.30. The maximum absolute atomic E-state index is 13.0. The first kappa shape index (κ1) is 85.1. The van der Waals surface area contributed by atoms with E-state index < -0.39 is 97.5 Å². The van der Waals surface area contributed by atoms with Crippen molar-refractivity contribution in [3.05, 3.63) is 0 Å². The summed E-state index contributed by atoms with van der Waals surface area (Å²) >= 11 is 0. The zero-order valence-electron chi connectivity index (χ0n) is 56.2. The maximum Gasteiger partial charge on any atom is 0.472 e. The number of rotatable bonds is 68. The van der Waals surface area contributed by atoms with E-state index in [1.54, 1.807) is 0 Å². The van der Waals surface area contributed by atoms with Crippen molar-refractivity contribution < 1.29 is 80.2 Å². The number of hydrogen-bond acceptors (Lipinski definition) is 15. The van der Waals surface area contributed by atoms with Gasteiger partial charge in [0.1, 0.15) is 19.3 Å². The van der Waals surface area contributed by atoms with Gasteiger partial charge in [0, 0.05) is 25.7 Å². The van der Waals surface area contributed by atoms with Crippen LogP contribution in [0.25, 0.3) is 0 Å². The summed E-state index contributed by atoms with van der Waals surface area (Å²) in [6, 6.07) is 0. The van der Waals surface area contributed by atoms with Gasteiger partial charge in [0.05, 0.1) is 26.4 Å². The van der Waals surface area contributed by atoms with Crippen molar-refractivity contribution in [2.24, 2.45) is 5.92 Å². The fourth-order valence-electron chi connectivity index (χ4n) is 10.3. The van der Waals surface area contributed by atoms with Gasteiger partial charge in [-0.15, -0.1) is 0 Å². The van der Waals surface area contributed by atoms with Gasteiger partial charge in [-0.25, -0.2) is 9.13 Å². The van der Waals surface area contributed by atoms with Crippen molar-refractivity contribution in [2.45, 2.75) is 368 Å². The van der Waals surface area contributed by atoms with Gasteiger partial charge < -0.3 is 33.8 Å². The Labute approximate surface area is 530 Å². The van der Waals surface area contributed by atoms with Crippen LogP contribution < -0.4 is 0 Å². The van der Waals surface area contributed by atoms with E-state index in [2.05, 4.69) is 34.6 Å². The van der Waals surface area contributed by atoms with Gasteiger partial charge >= 0.3 is 39.5 Å². The molecule has 0 aliphatic heterocycles. The molecule has 0 saturated carbocycles. The van der Waals surface area contributed by atoms with Crippen LogP contribution in [0.4, 0.5) is 0 Å². The van der Waals surface area contributed by atoms with Crippen molar-refractivity contribution in [2.75, 3.05) is 39.6 Å². The molecule has 19 heteroatoms. The van der Waals surface area contributed by atoms with Gasteiger partial charge in [0.15, 0.2) is 12.2 Å². The lowest BCUT2D eigenvalue weighted by atomic mass is 10.0. The van der Waals surface area contributed by atoms with Gasteiger partial charge in [-0.3, -0.25) is 37.3 Å². The second kappa shape index (κ2) is 61.6. The van der Waals surface area contributed by atoms with Gasteiger partial charge in [-0.2, -0.15) is 0 Å². The molecule has 0 spiro atoms. The van der Waals surface area contributed by atoms with E-state index in [0.29, 0.717) is 25.7 Å². The van der Waals surface area contributed by atoms with Crippen LogP contribution in [0.5, 0.6) is 0 Å². The molecule has 87 heavy (non-hydrogen) atoms. The van der Waals surface area contributed by atoms with E-state index in [1.165, 1.54) is 173 Å². The summed E-state index contributed by atoms with van der Waals surface area (Å²) in [5.74, 6) is -1.36. The molecule has 0 heterocycles. The molecule has 0 fully saturated rings. The first-order valence-corrected chi connectivity index (χ1v) is 38.6. The Morgan fingerprint density at radius 3 is 0.782 bits per heavy atom. The Morgan fingerprint density at radius 2 is 0.529 bits per heavy atom. The lowest BCUT2D eigenvalue weighted by molar-refractivity contribution is -0.161. The van der Waals surface area contributed by atoms with Crippen LogP contribution in [-0.4, -0.2) is 96.7 Å². The Kier molecular flexibility index (Phi) is 60.2. The highest BCUT2D eigenvalue weighted by Crippen LogP contribution is 2.45. The molecule has 0 aromatic heterocycles. The number of unbranched alkanes of at least 4 members (excludes halogenated alkanes) is 40. The van der Waals surface area contributed by atoms with Gasteiger partial charge in [0.25, 0.3) is 0 Å². The van der Waals surface area contributed by atoms with Gasteiger partial charge in [-0.05, 0) is 31.6 Å². The summed E-state index contributed by atoms with van der Waals surface area (Å²) < 4.78 is 68.2. The third-order valence-corrected chi connectivity index (χ3v) is 17.7. The minimum atomic E-state index is -4.95. The Balaban J connectivity index is 5.24. The van der Waals surface area contributed by atoms with E-state index in [1.807, 2.05) is 0 Å². The number of hydrogen-bond donors (Lipinski definition) is 3. The monoisotopic (exact) mass is 1280 g/mol. The largest absolute Gasteiger partial charge is 0.472 e. The molecule has 0 rings (SSSR count). The second-order valence-corrected chi connectivity index (χ2v) is 27.9. The van der Waals surface area contributed by atoms with Gasteiger partial charge in [-0.1, -0.05) is 298 Å². The van der Waals surface area contributed by atoms with Crippen molar-refractivity contribution in [1.29, 1.82) is 0 Å². The summed E-state index contributed by atoms with van der Waals surface area (Å²) in [6.07, 6.45) is 47.0.